The molecule has 1 aliphatic rings. The van der Waals surface area contributed by atoms with E-state index in [1.165, 1.54) is 71.1 Å². The molecule has 2 heterocycles. The van der Waals surface area contributed by atoms with Crippen LogP contribution in [0.1, 0.15) is 0 Å². The van der Waals surface area contributed by atoms with Crippen LogP contribution in [0.5, 0.6) is 0 Å². The first-order valence-electron chi connectivity index (χ1n) is 19.0. The average Bonchev–Trinajstić information content (AvgIpc) is 3.66. The van der Waals surface area contributed by atoms with Crippen molar-refractivity contribution in [2.24, 2.45) is 0 Å². The van der Waals surface area contributed by atoms with Gasteiger partial charge < -0.3 is 4.90 Å². The SMILES string of the molecule is c1ccc(-c2ccc(N(c3ccc4c(c3)-c3ccccc3-c3ccccc3-c3ccccc3-4)c3cccc4c3sc3ncccc34)c(-c3ccccc3)c2)cc1. The molecule has 0 saturated heterocycles. The van der Waals surface area contributed by atoms with Gasteiger partial charge in [-0.3, -0.25) is 0 Å². The van der Waals surface area contributed by atoms with Gasteiger partial charge in [0.25, 0.3) is 0 Å². The Balaban J connectivity index is 1.22. The summed E-state index contributed by atoms with van der Waals surface area (Å²) >= 11 is 1.76. The van der Waals surface area contributed by atoms with Gasteiger partial charge in [0.1, 0.15) is 4.83 Å². The lowest BCUT2D eigenvalue weighted by molar-refractivity contribution is 1.30. The highest BCUT2D eigenvalue weighted by Gasteiger charge is 2.26. The lowest BCUT2D eigenvalue weighted by atomic mass is 9.81. The number of benzene rings is 8. The number of thiophene rings is 1. The molecule has 2 aromatic heterocycles. The highest BCUT2D eigenvalue weighted by atomic mass is 32.1. The highest BCUT2D eigenvalue weighted by molar-refractivity contribution is 7.26. The molecule has 10 aromatic rings. The van der Waals surface area contributed by atoms with Gasteiger partial charge in [0.05, 0.1) is 16.1 Å². The largest absolute Gasteiger partial charge is 0.308 e. The third-order valence-electron chi connectivity index (χ3n) is 11.1. The van der Waals surface area contributed by atoms with E-state index in [9.17, 15) is 0 Å². The molecule has 0 saturated carbocycles. The number of rotatable bonds is 5. The van der Waals surface area contributed by atoms with Crippen LogP contribution in [-0.4, -0.2) is 4.98 Å². The maximum Gasteiger partial charge on any atom is 0.124 e. The second-order valence-corrected chi connectivity index (χ2v) is 15.3. The summed E-state index contributed by atoms with van der Waals surface area (Å²) < 4.78 is 1.21. The first kappa shape index (κ1) is 32.4. The molecule has 3 heteroatoms. The molecule has 8 aromatic carbocycles. The molecule has 2 nitrogen and oxygen atoms in total. The van der Waals surface area contributed by atoms with Crippen molar-refractivity contribution in [1.29, 1.82) is 0 Å². The van der Waals surface area contributed by atoms with Crippen molar-refractivity contribution in [2.75, 3.05) is 4.90 Å². The third kappa shape index (κ3) is 5.28. The van der Waals surface area contributed by atoms with Gasteiger partial charge >= 0.3 is 0 Å². The van der Waals surface area contributed by atoms with Crippen molar-refractivity contribution in [3.8, 4) is 66.8 Å². The second-order valence-electron chi connectivity index (χ2n) is 14.3. The van der Waals surface area contributed by atoms with E-state index in [1.807, 2.05) is 12.3 Å². The number of fused-ring (bicyclic) bond motifs is 11. The Kier molecular flexibility index (Phi) is 7.72. The first-order chi connectivity index (χ1) is 27.8. The van der Waals surface area contributed by atoms with E-state index in [4.69, 9.17) is 4.98 Å². The minimum absolute atomic E-state index is 1.04. The Morgan fingerprint density at radius 3 is 1.54 bits per heavy atom. The molecule has 0 aliphatic heterocycles. The van der Waals surface area contributed by atoms with Crippen LogP contribution in [0, 0.1) is 0 Å². The second kappa shape index (κ2) is 13.3. The highest BCUT2D eigenvalue weighted by Crippen LogP contribution is 2.52. The summed E-state index contributed by atoms with van der Waals surface area (Å²) in [6, 6.07) is 73.0. The van der Waals surface area contributed by atoms with Crippen molar-refractivity contribution in [2.45, 2.75) is 0 Å². The van der Waals surface area contributed by atoms with Crippen molar-refractivity contribution in [3.05, 3.63) is 206 Å². The predicted octanol–water partition coefficient (Wildman–Crippen LogP) is 15.2. The zero-order chi connectivity index (χ0) is 37.0. The summed E-state index contributed by atoms with van der Waals surface area (Å²) in [6.07, 6.45) is 1.90. The molecule has 0 radical (unpaired) electrons. The summed E-state index contributed by atoms with van der Waals surface area (Å²) in [6.45, 7) is 0. The van der Waals surface area contributed by atoms with E-state index in [-0.39, 0.29) is 0 Å². The van der Waals surface area contributed by atoms with Crippen molar-refractivity contribution in [3.63, 3.8) is 0 Å². The number of pyridine rings is 1. The molecule has 0 atom stereocenters. The van der Waals surface area contributed by atoms with Crippen LogP contribution in [0.2, 0.25) is 0 Å². The zero-order valence-corrected chi connectivity index (χ0v) is 31.2. The van der Waals surface area contributed by atoms with Crippen LogP contribution in [0.4, 0.5) is 17.1 Å². The molecule has 0 bridgehead atoms. The van der Waals surface area contributed by atoms with Crippen LogP contribution in [0.25, 0.3) is 87.1 Å². The van der Waals surface area contributed by atoms with E-state index in [2.05, 4.69) is 199 Å². The molecule has 11 rings (SSSR count). The fraction of sp³-hybridized carbons (Fsp3) is 0. The van der Waals surface area contributed by atoms with Gasteiger partial charge in [-0.2, -0.15) is 0 Å². The standard InChI is InChI=1S/C53H34N2S/c1-3-15-35(16-4-1)37-28-31-50(48(33-37)36-17-5-2-6-18-36)55(51-27-13-25-46-47-26-14-32-54-53(47)56-52(46)51)38-29-30-45-43-23-10-9-21-41(43)39-19-7-8-20-40(39)42-22-11-12-24-44(42)49(45)34-38/h1-34H. The number of aromatic nitrogens is 1. The molecule has 0 fully saturated rings. The van der Waals surface area contributed by atoms with Gasteiger partial charge in [-0.25, -0.2) is 4.98 Å². The monoisotopic (exact) mass is 730 g/mol. The quantitative estimate of drug-likeness (QED) is 0.175. The maximum absolute atomic E-state index is 4.82. The Hall–Kier alpha value is -7.07. The van der Waals surface area contributed by atoms with Gasteiger partial charge in [-0.05, 0) is 104 Å². The van der Waals surface area contributed by atoms with E-state index < -0.39 is 0 Å². The normalized spacial score (nSPS) is 11.6. The Morgan fingerprint density at radius 1 is 0.339 bits per heavy atom. The zero-order valence-electron chi connectivity index (χ0n) is 30.4. The Bertz CT molecular complexity index is 3080. The van der Waals surface area contributed by atoms with Gasteiger partial charge in [0, 0.05) is 28.2 Å². The molecule has 262 valence electrons. The van der Waals surface area contributed by atoms with Gasteiger partial charge in [0.2, 0.25) is 0 Å². The third-order valence-corrected chi connectivity index (χ3v) is 12.3. The maximum atomic E-state index is 4.82. The van der Waals surface area contributed by atoms with Crippen molar-refractivity contribution >= 4 is 48.7 Å². The number of anilines is 3. The van der Waals surface area contributed by atoms with Crippen LogP contribution in [0.15, 0.2) is 206 Å². The Labute approximate surface area is 330 Å². The molecule has 1 aliphatic carbocycles. The van der Waals surface area contributed by atoms with E-state index in [0.29, 0.717) is 0 Å². The van der Waals surface area contributed by atoms with Crippen LogP contribution >= 0.6 is 11.3 Å². The van der Waals surface area contributed by atoms with Gasteiger partial charge in [-0.1, -0.05) is 158 Å². The van der Waals surface area contributed by atoms with Crippen LogP contribution in [-0.2, 0) is 0 Å². The summed E-state index contributed by atoms with van der Waals surface area (Å²) in [5, 5.41) is 2.39. The number of nitrogens with zero attached hydrogens (tertiary/aromatic N) is 2. The van der Waals surface area contributed by atoms with Gasteiger partial charge in [-0.15, -0.1) is 11.3 Å². The van der Waals surface area contributed by atoms with Gasteiger partial charge in [0.15, 0.2) is 0 Å². The summed E-state index contributed by atoms with van der Waals surface area (Å²) in [7, 11) is 0. The van der Waals surface area contributed by atoms with E-state index >= 15 is 0 Å². The average molecular weight is 731 g/mol. The molecule has 0 unspecified atom stereocenters. The van der Waals surface area contributed by atoms with E-state index in [0.717, 1.165) is 33.0 Å². The molecular weight excluding hydrogens is 697 g/mol. The molecule has 0 N–H and O–H groups in total. The van der Waals surface area contributed by atoms with Crippen LogP contribution < -0.4 is 4.90 Å². The predicted molar refractivity (Wildman–Crippen MR) is 238 cm³/mol. The first-order valence-corrected chi connectivity index (χ1v) is 19.9. The Morgan fingerprint density at radius 2 is 0.893 bits per heavy atom. The molecular formula is C53H34N2S. The topological polar surface area (TPSA) is 16.1 Å². The number of hydrogen-bond donors (Lipinski definition) is 0. The fourth-order valence-electron chi connectivity index (χ4n) is 8.58. The molecule has 56 heavy (non-hydrogen) atoms. The minimum Gasteiger partial charge on any atom is -0.308 e. The summed E-state index contributed by atoms with van der Waals surface area (Å²) in [4.78, 5) is 8.34. The minimum atomic E-state index is 1.04. The van der Waals surface area contributed by atoms with Crippen molar-refractivity contribution < 1.29 is 0 Å². The van der Waals surface area contributed by atoms with E-state index in [1.54, 1.807) is 11.3 Å². The molecule has 0 spiro atoms. The summed E-state index contributed by atoms with van der Waals surface area (Å²) in [5.41, 5.74) is 17.9. The molecule has 0 amide bonds. The fourth-order valence-corrected chi connectivity index (χ4v) is 9.73. The summed E-state index contributed by atoms with van der Waals surface area (Å²) in [5.74, 6) is 0. The number of hydrogen-bond acceptors (Lipinski definition) is 3. The van der Waals surface area contributed by atoms with Crippen LogP contribution in [0.3, 0.4) is 0 Å². The smallest absolute Gasteiger partial charge is 0.124 e. The lowest BCUT2D eigenvalue weighted by Gasteiger charge is -2.30. The lowest BCUT2D eigenvalue weighted by Crippen LogP contribution is -2.12. The van der Waals surface area contributed by atoms with Crippen molar-refractivity contribution in [1.82, 2.24) is 4.98 Å².